The van der Waals surface area contributed by atoms with Crippen molar-refractivity contribution < 1.29 is 14.3 Å². The van der Waals surface area contributed by atoms with E-state index >= 15 is 0 Å². The zero-order valence-electron chi connectivity index (χ0n) is 12.6. The second-order valence-corrected chi connectivity index (χ2v) is 6.07. The van der Waals surface area contributed by atoms with Gasteiger partial charge in [0, 0.05) is 6.54 Å². The highest BCUT2D eigenvalue weighted by Gasteiger charge is 2.17. The molecule has 0 radical (unpaired) electrons. The van der Waals surface area contributed by atoms with Crippen LogP contribution in [0.2, 0.25) is 5.02 Å². The van der Waals surface area contributed by atoms with Crippen molar-refractivity contribution in [2.24, 2.45) is 5.92 Å². The van der Waals surface area contributed by atoms with Crippen molar-refractivity contribution in [1.82, 2.24) is 5.32 Å². The zero-order valence-corrected chi connectivity index (χ0v) is 13.3. The molecule has 1 amide bonds. The molecular formula is C16H22ClNO3. The van der Waals surface area contributed by atoms with E-state index in [4.69, 9.17) is 21.1 Å². The molecule has 0 spiro atoms. The third kappa shape index (κ3) is 4.81. The average molecular weight is 312 g/mol. The number of nitrogens with one attached hydrogen (secondary N) is 1. The predicted molar refractivity (Wildman–Crippen MR) is 83.2 cm³/mol. The van der Waals surface area contributed by atoms with Crippen LogP contribution in [-0.4, -0.2) is 25.7 Å². The fourth-order valence-corrected chi connectivity index (χ4v) is 2.54. The molecule has 0 bridgehead atoms. The summed E-state index contributed by atoms with van der Waals surface area (Å²) in [5.41, 5.74) is 0.839. The van der Waals surface area contributed by atoms with Crippen molar-refractivity contribution >= 4 is 17.5 Å². The highest BCUT2D eigenvalue weighted by atomic mass is 35.5. The van der Waals surface area contributed by atoms with Gasteiger partial charge >= 0.3 is 0 Å². The largest absolute Gasteiger partial charge is 0.486 e. The van der Waals surface area contributed by atoms with E-state index in [-0.39, 0.29) is 5.91 Å². The number of halogens is 1. The summed E-state index contributed by atoms with van der Waals surface area (Å²) in [6, 6.07) is 3.59. The summed E-state index contributed by atoms with van der Waals surface area (Å²) in [6.07, 6.45) is 2.43. The van der Waals surface area contributed by atoms with Crippen molar-refractivity contribution in [3.63, 3.8) is 0 Å². The molecule has 0 unspecified atom stereocenters. The van der Waals surface area contributed by atoms with E-state index in [9.17, 15) is 4.79 Å². The lowest BCUT2D eigenvalue weighted by Crippen LogP contribution is -2.26. The first-order chi connectivity index (χ1) is 10.1. The molecule has 1 aromatic rings. The van der Waals surface area contributed by atoms with Crippen LogP contribution in [0.5, 0.6) is 11.5 Å². The molecule has 0 fully saturated rings. The summed E-state index contributed by atoms with van der Waals surface area (Å²) in [4.78, 5) is 11.9. The lowest BCUT2D eigenvalue weighted by molar-refractivity contribution is -0.120. The Morgan fingerprint density at radius 2 is 2.10 bits per heavy atom. The Bertz CT molecular complexity index is 503. The van der Waals surface area contributed by atoms with E-state index in [0.717, 1.165) is 24.9 Å². The lowest BCUT2D eigenvalue weighted by atomic mass is 10.1. The Hall–Kier alpha value is -1.42. The quantitative estimate of drug-likeness (QED) is 0.821. The SMILES string of the molecule is CC(C)CCCNC(=O)Cc1cc(Cl)c2c(c1)OCCO2. The van der Waals surface area contributed by atoms with Crippen molar-refractivity contribution in [1.29, 1.82) is 0 Å². The first-order valence-electron chi connectivity index (χ1n) is 7.41. The molecule has 1 aliphatic rings. The normalized spacial score (nSPS) is 13.3. The zero-order chi connectivity index (χ0) is 15.2. The summed E-state index contributed by atoms with van der Waals surface area (Å²) in [5, 5.41) is 3.43. The maximum absolute atomic E-state index is 11.9. The van der Waals surface area contributed by atoms with Gasteiger partial charge in [-0.1, -0.05) is 25.4 Å². The van der Waals surface area contributed by atoms with Gasteiger partial charge in [-0.2, -0.15) is 0 Å². The molecule has 1 aliphatic heterocycles. The van der Waals surface area contributed by atoms with Gasteiger partial charge in [-0.05, 0) is 36.5 Å². The minimum atomic E-state index is 0.00602. The Morgan fingerprint density at radius 3 is 2.86 bits per heavy atom. The summed E-state index contributed by atoms with van der Waals surface area (Å²) >= 11 is 6.16. The fraction of sp³-hybridized carbons (Fsp3) is 0.562. The van der Waals surface area contributed by atoms with Gasteiger partial charge in [0.25, 0.3) is 0 Å². The standard InChI is InChI=1S/C16H22ClNO3/c1-11(2)4-3-5-18-15(19)10-12-8-13(17)16-14(9-12)20-6-7-21-16/h8-9,11H,3-7,10H2,1-2H3,(H,18,19). The highest BCUT2D eigenvalue weighted by Crippen LogP contribution is 2.38. The van der Waals surface area contributed by atoms with Gasteiger partial charge in [-0.25, -0.2) is 0 Å². The second-order valence-electron chi connectivity index (χ2n) is 5.66. The third-order valence-corrected chi connectivity index (χ3v) is 3.58. The van der Waals surface area contributed by atoms with Crippen LogP contribution >= 0.6 is 11.6 Å². The van der Waals surface area contributed by atoms with Crippen LogP contribution in [0.15, 0.2) is 12.1 Å². The summed E-state index contributed by atoms with van der Waals surface area (Å²) in [7, 11) is 0. The monoisotopic (exact) mass is 311 g/mol. The maximum atomic E-state index is 11.9. The van der Waals surface area contributed by atoms with E-state index < -0.39 is 0 Å². The number of ether oxygens (including phenoxy) is 2. The van der Waals surface area contributed by atoms with E-state index in [2.05, 4.69) is 19.2 Å². The van der Waals surface area contributed by atoms with Gasteiger partial charge in [-0.15, -0.1) is 0 Å². The number of fused-ring (bicyclic) bond motifs is 1. The molecular weight excluding hydrogens is 290 g/mol. The summed E-state index contributed by atoms with van der Waals surface area (Å²) in [5.74, 6) is 1.87. The average Bonchev–Trinajstić information content (AvgIpc) is 2.43. The van der Waals surface area contributed by atoms with Gasteiger partial charge in [-0.3, -0.25) is 4.79 Å². The van der Waals surface area contributed by atoms with Crippen molar-refractivity contribution in [2.45, 2.75) is 33.1 Å². The van der Waals surface area contributed by atoms with E-state index in [1.807, 2.05) is 6.07 Å². The molecule has 0 saturated heterocycles. The van der Waals surface area contributed by atoms with Crippen LogP contribution < -0.4 is 14.8 Å². The number of hydrogen-bond donors (Lipinski definition) is 1. The Labute approximate surface area is 130 Å². The first kappa shape index (κ1) is 16.0. The number of carbonyl (C=O) groups is 1. The van der Waals surface area contributed by atoms with E-state index in [1.165, 1.54) is 0 Å². The number of benzene rings is 1. The molecule has 2 rings (SSSR count). The lowest BCUT2D eigenvalue weighted by Gasteiger charge is -2.20. The minimum absolute atomic E-state index is 0.00602. The van der Waals surface area contributed by atoms with Crippen LogP contribution in [0.4, 0.5) is 0 Å². The summed E-state index contributed by atoms with van der Waals surface area (Å²) in [6.45, 7) is 6.09. The Kier molecular flexibility index (Phi) is 5.74. The van der Waals surface area contributed by atoms with Crippen LogP contribution in [0, 0.1) is 5.92 Å². The Balaban J connectivity index is 1.88. The molecule has 0 aromatic heterocycles. The molecule has 1 N–H and O–H groups in total. The van der Waals surface area contributed by atoms with Gasteiger partial charge in [0.15, 0.2) is 11.5 Å². The molecule has 116 valence electrons. The van der Waals surface area contributed by atoms with Crippen LogP contribution in [-0.2, 0) is 11.2 Å². The topological polar surface area (TPSA) is 47.6 Å². The number of carbonyl (C=O) groups excluding carboxylic acids is 1. The van der Waals surface area contributed by atoms with Crippen molar-refractivity contribution in [3.8, 4) is 11.5 Å². The molecule has 21 heavy (non-hydrogen) atoms. The van der Waals surface area contributed by atoms with E-state index in [1.54, 1.807) is 6.07 Å². The number of hydrogen-bond acceptors (Lipinski definition) is 3. The third-order valence-electron chi connectivity index (χ3n) is 3.30. The maximum Gasteiger partial charge on any atom is 0.224 e. The molecule has 0 saturated carbocycles. The van der Waals surface area contributed by atoms with Crippen LogP contribution in [0.25, 0.3) is 0 Å². The molecule has 4 nitrogen and oxygen atoms in total. The fourth-order valence-electron chi connectivity index (χ4n) is 2.25. The van der Waals surface area contributed by atoms with Gasteiger partial charge in [0.05, 0.1) is 11.4 Å². The van der Waals surface area contributed by atoms with Crippen LogP contribution in [0.3, 0.4) is 0 Å². The van der Waals surface area contributed by atoms with Crippen molar-refractivity contribution in [2.75, 3.05) is 19.8 Å². The van der Waals surface area contributed by atoms with Crippen LogP contribution in [0.1, 0.15) is 32.3 Å². The smallest absolute Gasteiger partial charge is 0.224 e. The minimum Gasteiger partial charge on any atom is -0.486 e. The molecule has 0 aliphatic carbocycles. The number of rotatable bonds is 6. The van der Waals surface area contributed by atoms with E-state index in [0.29, 0.717) is 42.1 Å². The molecule has 1 heterocycles. The number of amides is 1. The van der Waals surface area contributed by atoms with Crippen molar-refractivity contribution in [3.05, 3.63) is 22.7 Å². The molecule has 5 heteroatoms. The second kappa shape index (κ2) is 7.55. The van der Waals surface area contributed by atoms with Gasteiger partial charge in [0.2, 0.25) is 5.91 Å². The predicted octanol–water partition coefficient (Wildman–Crippen LogP) is 3.21. The summed E-state index contributed by atoms with van der Waals surface area (Å²) < 4.78 is 11.0. The highest BCUT2D eigenvalue weighted by molar-refractivity contribution is 6.32. The van der Waals surface area contributed by atoms with Gasteiger partial charge in [0.1, 0.15) is 13.2 Å². The molecule has 1 aromatic carbocycles. The first-order valence-corrected chi connectivity index (χ1v) is 7.78. The van der Waals surface area contributed by atoms with Gasteiger partial charge < -0.3 is 14.8 Å². The Morgan fingerprint density at radius 1 is 1.33 bits per heavy atom. The molecule has 0 atom stereocenters.